The molecule has 1 saturated heterocycles. The first-order chi connectivity index (χ1) is 8.84. The normalized spacial score (nSPS) is 25.4. The fourth-order valence-electron chi connectivity index (χ4n) is 2.13. The van der Waals surface area contributed by atoms with Gasteiger partial charge < -0.3 is 5.73 Å². The molecule has 1 heterocycles. The van der Waals surface area contributed by atoms with Crippen LogP contribution in [0.15, 0.2) is 23.1 Å². The molecule has 0 saturated carbocycles. The molecular weight excluding hydrogens is 287 g/mol. The number of benzene rings is 1. The van der Waals surface area contributed by atoms with Crippen molar-refractivity contribution >= 4 is 27.5 Å². The monoisotopic (exact) mass is 304 g/mol. The third-order valence-corrected chi connectivity index (χ3v) is 6.78. The Bertz CT molecular complexity index is 577. The minimum Gasteiger partial charge on any atom is -0.398 e. The van der Waals surface area contributed by atoms with Crippen LogP contribution >= 0.6 is 11.8 Å². The fraction of sp³-hybridized carbons (Fsp3) is 0.500. The Hall–Kier alpha value is -0.790. The van der Waals surface area contributed by atoms with Crippen LogP contribution in [0.25, 0.3) is 0 Å². The highest BCUT2D eigenvalue weighted by Gasteiger charge is 2.35. The number of nitrogens with two attached hydrogens (primary N) is 1. The number of rotatable bonds is 2. The zero-order valence-electron chi connectivity index (χ0n) is 10.8. The summed E-state index contributed by atoms with van der Waals surface area (Å²) in [6, 6.07) is 3.29. The van der Waals surface area contributed by atoms with Gasteiger partial charge >= 0.3 is 0 Å². The molecular formula is C12H17FN2O2S2. The Morgan fingerprint density at radius 3 is 2.74 bits per heavy atom. The molecule has 4 nitrogen and oxygen atoms in total. The van der Waals surface area contributed by atoms with Crippen molar-refractivity contribution in [1.29, 1.82) is 0 Å². The largest absolute Gasteiger partial charge is 0.398 e. The molecule has 7 heteroatoms. The van der Waals surface area contributed by atoms with Crippen molar-refractivity contribution in [2.75, 3.05) is 18.0 Å². The Morgan fingerprint density at radius 1 is 1.42 bits per heavy atom. The number of sulfonamides is 1. The number of hydrogen-bond donors (Lipinski definition) is 1. The summed E-state index contributed by atoms with van der Waals surface area (Å²) in [5, 5.41) is 0.227. The number of nitrogens with zero attached hydrogens (tertiary/aromatic N) is 1. The Kier molecular flexibility index (Phi) is 4.08. The molecule has 2 unspecified atom stereocenters. The van der Waals surface area contributed by atoms with E-state index in [1.54, 1.807) is 11.8 Å². The molecule has 0 bridgehead atoms. The first-order valence-electron chi connectivity index (χ1n) is 6.02. The summed E-state index contributed by atoms with van der Waals surface area (Å²) < 4.78 is 39.7. The van der Waals surface area contributed by atoms with Crippen LogP contribution in [0.1, 0.15) is 13.8 Å². The summed E-state index contributed by atoms with van der Waals surface area (Å²) in [6.45, 7) is 4.34. The van der Waals surface area contributed by atoms with Crippen molar-refractivity contribution in [2.24, 2.45) is 0 Å². The van der Waals surface area contributed by atoms with E-state index in [4.69, 9.17) is 5.73 Å². The summed E-state index contributed by atoms with van der Waals surface area (Å²) in [5.74, 6) is 0.221. The standard InChI is InChI=1S/C12H17FN2O2S2/c1-8-9(2)18-6-5-15(8)19(16,17)12-4-3-10(13)7-11(12)14/h3-4,7-9H,5-6,14H2,1-2H3. The van der Waals surface area contributed by atoms with Gasteiger partial charge in [0.2, 0.25) is 10.0 Å². The highest BCUT2D eigenvalue weighted by Crippen LogP contribution is 2.31. The van der Waals surface area contributed by atoms with E-state index in [9.17, 15) is 12.8 Å². The summed E-state index contributed by atoms with van der Waals surface area (Å²) in [4.78, 5) is -0.0140. The molecule has 2 rings (SSSR count). The van der Waals surface area contributed by atoms with Crippen molar-refractivity contribution in [3.05, 3.63) is 24.0 Å². The zero-order chi connectivity index (χ0) is 14.2. The van der Waals surface area contributed by atoms with Gasteiger partial charge in [-0.3, -0.25) is 0 Å². The van der Waals surface area contributed by atoms with E-state index in [0.717, 1.165) is 17.9 Å². The maximum atomic E-state index is 13.0. The zero-order valence-corrected chi connectivity index (χ0v) is 12.5. The lowest BCUT2D eigenvalue weighted by Crippen LogP contribution is -2.47. The molecule has 2 N–H and O–H groups in total. The van der Waals surface area contributed by atoms with Gasteiger partial charge in [0.1, 0.15) is 10.7 Å². The van der Waals surface area contributed by atoms with Gasteiger partial charge in [-0.15, -0.1) is 0 Å². The van der Waals surface area contributed by atoms with Crippen LogP contribution in [0.4, 0.5) is 10.1 Å². The molecule has 1 aromatic carbocycles. The van der Waals surface area contributed by atoms with E-state index in [-0.39, 0.29) is 21.9 Å². The first-order valence-corrected chi connectivity index (χ1v) is 8.51. The molecule has 0 aliphatic carbocycles. The number of hydrogen-bond acceptors (Lipinski definition) is 4. The SMILES string of the molecule is CC1SCCN(S(=O)(=O)c2ccc(F)cc2N)C1C. The lowest BCUT2D eigenvalue weighted by atomic mass is 10.2. The van der Waals surface area contributed by atoms with E-state index >= 15 is 0 Å². The molecule has 1 fully saturated rings. The summed E-state index contributed by atoms with van der Waals surface area (Å²) >= 11 is 1.75. The molecule has 1 aliphatic heterocycles. The molecule has 0 amide bonds. The molecule has 19 heavy (non-hydrogen) atoms. The van der Waals surface area contributed by atoms with Crippen LogP contribution in [0.5, 0.6) is 0 Å². The van der Waals surface area contributed by atoms with Gasteiger partial charge in [-0.05, 0) is 25.1 Å². The lowest BCUT2D eigenvalue weighted by molar-refractivity contribution is 0.340. The number of halogens is 1. The molecule has 2 atom stereocenters. The molecule has 0 aromatic heterocycles. The van der Waals surface area contributed by atoms with Crippen LogP contribution in [0, 0.1) is 5.82 Å². The second-order valence-corrected chi connectivity index (χ2v) is 7.96. The predicted molar refractivity (Wildman–Crippen MR) is 76.1 cm³/mol. The van der Waals surface area contributed by atoms with E-state index in [2.05, 4.69) is 0 Å². The quantitative estimate of drug-likeness (QED) is 0.848. The van der Waals surface area contributed by atoms with Crippen molar-refractivity contribution in [2.45, 2.75) is 30.0 Å². The molecule has 1 aliphatic rings. The van der Waals surface area contributed by atoms with Gasteiger partial charge in [0.25, 0.3) is 0 Å². The van der Waals surface area contributed by atoms with Crippen molar-refractivity contribution < 1.29 is 12.8 Å². The predicted octanol–water partition coefficient (Wildman–Crippen LogP) is 1.92. The lowest BCUT2D eigenvalue weighted by Gasteiger charge is -2.36. The first kappa shape index (κ1) is 14.6. The Balaban J connectivity index is 2.41. The van der Waals surface area contributed by atoms with Crippen LogP contribution in [0.2, 0.25) is 0 Å². The van der Waals surface area contributed by atoms with Gasteiger partial charge in [-0.1, -0.05) is 6.92 Å². The topological polar surface area (TPSA) is 63.4 Å². The molecule has 0 radical (unpaired) electrons. The second kappa shape index (κ2) is 5.30. The highest BCUT2D eigenvalue weighted by atomic mass is 32.2. The average Bonchev–Trinajstić information content (AvgIpc) is 2.31. The van der Waals surface area contributed by atoms with Gasteiger partial charge in [0.05, 0.1) is 5.69 Å². The second-order valence-electron chi connectivity index (χ2n) is 4.61. The van der Waals surface area contributed by atoms with Crippen LogP contribution in [-0.2, 0) is 10.0 Å². The average molecular weight is 304 g/mol. The Labute approximate surface area is 117 Å². The summed E-state index contributed by atoms with van der Waals surface area (Å²) in [7, 11) is -3.66. The van der Waals surface area contributed by atoms with Crippen molar-refractivity contribution in [3.8, 4) is 0 Å². The van der Waals surface area contributed by atoms with Crippen LogP contribution < -0.4 is 5.73 Å². The van der Waals surface area contributed by atoms with E-state index in [0.29, 0.717) is 6.54 Å². The van der Waals surface area contributed by atoms with Crippen LogP contribution in [0.3, 0.4) is 0 Å². The Morgan fingerprint density at radius 2 is 2.11 bits per heavy atom. The number of nitrogen functional groups attached to an aromatic ring is 1. The minimum absolute atomic E-state index is 0.0140. The number of anilines is 1. The van der Waals surface area contributed by atoms with E-state index < -0.39 is 15.8 Å². The van der Waals surface area contributed by atoms with Gasteiger partial charge in [0, 0.05) is 23.6 Å². The third-order valence-electron chi connectivity index (χ3n) is 3.38. The van der Waals surface area contributed by atoms with Gasteiger partial charge in [0.15, 0.2) is 0 Å². The molecule has 1 aromatic rings. The maximum absolute atomic E-state index is 13.0. The number of thioether (sulfide) groups is 1. The summed E-state index contributed by atoms with van der Waals surface area (Å²) in [6.07, 6.45) is 0. The van der Waals surface area contributed by atoms with Gasteiger partial charge in [-0.25, -0.2) is 12.8 Å². The van der Waals surface area contributed by atoms with E-state index in [1.165, 1.54) is 10.4 Å². The van der Waals surface area contributed by atoms with E-state index in [1.807, 2.05) is 13.8 Å². The van der Waals surface area contributed by atoms with Crippen LogP contribution in [-0.4, -0.2) is 36.3 Å². The molecule has 0 spiro atoms. The smallest absolute Gasteiger partial charge is 0.245 e. The third kappa shape index (κ3) is 2.73. The van der Waals surface area contributed by atoms with Crippen molar-refractivity contribution in [3.63, 3.8) is 0 Å². The highest BCUT2D eigenvalue weighted by molar-refractivity contribution is 8.00. The molecule has 106 valence electrons. The maximum Gasteiger partial charge on any atom is 0.245 e. The minimum atomic E-state index is -3.66. The summed E-state index contributed by atoms with van der Waals surface area (Å²) in [5.41, 5.74) is 5.60. The van der Waals surface area contributed by atoms with Gasteiger partial charge in [-0.2, -0.15) is 16.1 Å². The fourth-order valence-corrected chi connectivity index (χ4v) is 5.22. The van der Waals surface area contributed by atoms with Crippen molar-refractivity contribution in [1.82, 2.24) is 4.31 Å².